The first kappa shape index (κ1) is 23.5. The van der Waals surface area contributed by atoms with E-state index in [-0.39, 0.29) is 23.1 Å². The van der Waals surface area contributed by atoms with E-state index < -0.39 is 0 Å². The first-order chi connectivity index (χ1) is 11.0. The number of nitrogens with zero attached hydrogens (tertiary/aromatic N) is 1. The minimum absolute atomic E-state index is 0.163. The summed E-state index contributed by atoms with van der Waals surface area (Å²) in [4.78, 5) is 12.0. The quantitative estimate of drug-likeness (QED) is 0.258. The molecule has 0 aliphatic carbocycles. The van der Waals surface area contributed by atoms with Crippen LogP contribution in [0, 0.1) is 23.0 Å². The fourth-order valence-electron chi connectivity index (χ4n) is 3.21. The molecule has 0 aromatic rings. The van der Waals surface area contributed by atoms with E-state index in [2.05, 4.69) is 34.6 Å². The van der Waals surface area contributed by atoms with Crippen LogP contribution in [0.3, 0.4) is 0 Å². The third kappa shape index (κ3) is 15.1. The van der Waals surface area contributed by atoms with Crippen LogP contribution in [0.2, 0.25) is 0 Å². The van der Waals surface area contributed by atoms with Crippen molar-refractivity contribution in [2.24, 2.45) is 17.8 Å². The molecule has 0 spiro atoms. The number of unbranched alkanes of at least 4 members (excludes halogenated alkanes) is 1. The summed E-state index contributed by atoms with van der Waals surface area (Å²) in [5.74, 6) is 2.07. The normalized spacial score (nSPS) is 15.1. The summed E-state index contributed by atoms with van der Waals surface area (Å²) >= 11 is 0. The van der Waals surface area contributed by atoms with Crippen LogP contribution >= 0.6 is 0 Å². The van der Waals surface area contributed by atoms with Gasteiger partial charge in [0, 0.05) is 6.42 Å². The van der Waals surface area contributed by atoms with Crippen LogP contribution in [0.5, 0.6) is 0 Å². The van der Waals surface area contributed by atoms with E-state index in [0.717, 1.165) is 25.7 Å². The van der Waals surface area contributed by atoms with Gasteiger partial charge in [0.15, 0.2) is 5.78 Å². The molecule has 4 heteroatoms. The number of hydrogen-bond acceptors (Lipinski definition) is 3. The summed E-state index contributed by atoms with van der Waals surface area (Å²) in [5, 5.41) is 11.5. The van der Waals surface area contributed by atoms with E-state index in [0.29, 0.717) is 30.7 Å². The fraction of sp³-hybridized carbons (Fsp3) is 0.950. The highest BCUT2D eigenvalue weighted by Gasteiger charge is 2.17. The van der Waals surface area contributed by atoms with Gasteiger partial charge in [-0.2, -0.15) is 0 Å². The average Bonchev–Trinajstić information content (AvgIpc) is 2.38. The predicted molar refractivity (Wildman–Crippen MR) is 102 cm³/mol. The van der Waals surface area contributed by atoms with Crippen molar-refractivity contribution < 1.29 is 14.2 Å². The summed E-state index contributed by atoms with van der Waals surface area (Å²) in [6.07, 6.45) is 5.53. The minimum Gasteiger partial charge on any atom is -0.633 e. The molecule has 0 N–H and O–H groups in total. The molecule has 4 nitrogen and oxygen atoms in total. The largest absolute Gasteiger partial charge is 0.633 e. The molecule has 0 bridgehead atoms. The third-order valence-corrected chi connectivity index (χ3v) is 4.16. The Morgan fingerprint density at radius 2 is 1.54 bits per heavy atom. The predicted octanol–water partition coefficient (Wildman–Crippen LogP) is 4.80. The van der Waals surface area contributed by atoms with Gasteiger partial charge in [-0.25, -0.2) is 0 Å². The van der Waals surface area contributed by atoms with Crippen molar-refractivity contribution in [3.8, 4) is 0 Å². The third-order valence-electron chi connectivity index (χ3n) is 4.16. The van der Waals surface area contributed by atoms with Crippen LogP contribution in [0.25, 0.3) is 0 Å². The SMILES string of the molecule is CC(C)CC(C)CC(CC(C)C)OCC(=O)CCCC[N+](C)(C)[O-]. The minimum atomic E-state index is -0.283. The Morgan fingerprint density at radius 3 is 2.04 bits per heavy atom. The zero-order valence-corrected chi connectivity index (χ0v) is 17.1. The average molecular weight is 344 g/mol. The smallest absolute Gasteiger partial charge is 0.158 e. The molecule has 0 rings (SSSR count). The first-order valence-electron chi connectivity index (χ1n) is 9.67. The van der Waals surface area contributed by atoms with Crippen molar-refractivity contribution in [1.29, 1.82) is 0 Å². The van der Waals surface area contributed by atoms with E-state index in [9.17, 15) is 10.0 Å². The lowest BCUT2D eigenvalue weighted by atomic mass is 9.91. The molecule has 0 saturated heterocycles. The fourth-order valence-corrected chi connectivity index (χ4v) is 3.21. The lowest BCUT2D eigenvalue weighted by Gasteiger charge is -2.33. The zero-order chi connectivity index (χ0) is 18.8. The maximum atomic E-state index is 12.0. The van der Waals surface area contributed by atoms with Crippen LogP contribution < -0.4 is 0 Å². The van der Waals surface area contributed by atoms with Crippen molar-refractivity contribution in [2.75, 3.05) is 27.2 Å². The molecule has 144 valence electrons. The molecule has 0 aliphatic heterocycles. The Balaban J connectivity index is 4.13. The van der Waals surface area contributed by atoms with Crippen molar-refractivity contribution in [3.63, 3.8) is 0 Å². The van der Waals surface area contributed by atoms with Gasteiger partial charge in [-0.1, -0.05) is 34.6 Å². The molecule has 0 heterocycles. The monoisotopic (exact) mass is 343 g/mol. The van der Waals surface area contributed by atoms with Gasteiger partial charge in [0.05, 0.1) is 26.7 Å². The number of carbonyl (C=O) groups excluding carboxylic acids is 1. The Labute approximate surface area is 150 Å². The van der Waals surface area contributed by atoms with Gasteiger partial charge in [0.25, 0.3) is 0 Å². The van der Waals surface area contributed by atoms with Crippen molar-refractivity contribution in [3.05, 3.63) is 5.21 Å². The second kappa shape index (κ2) is 12.0. The van der Waals surface area contributed by atoms with Crippen molar-refractivity contribution in [2.45, 2.75) is 79.2 Å². The second-order valence-electron chi connectivity index (χ2n) is 8.83. The molecular formula is C20H41NO3. The summed E-state index contributed by atoms with van der Waals surface area (Å²) < 4.78 is 5.67. The van der Waals surface area contributed by atoms with Gasteiger partial charge >= 0.3 is 0 Å². The maximum absolute atomic E-state index is 12.0. The first-order valence-corrected chi connectivity index (χ1v) is 9.67. The summed E-state index contributed by atoms with van der Waals surface area (Å²) in [7, 11) is 3.28. The van der Waals surface area contributed by atoms with Gasteiger partial charge in [0.2, 0.25) is 0 Å². The summed E-state index contributed by atoms with van der Waals surface area (Å²) in [6.45, 7) is 12.0. The molecule has 0 amide bonds. The molecule has 24 heavy (non-hydrogen) atoms. The maximum Gasteiger partial charge on any atom is 0.158 e. The van der Waals surface area contributed by atoms with Crippen molar-refractivity contribution >= 4 is 5.78 Å². The van der Waals surface area contributed by atoms with Crippen LogP contribution in [0.15, 0.2) is 0 Å². The molecule has 0 radical (unpaired) electrons. The number of rotatable bonds is 14. The van der Waals surface area contributed by atoms with Gasteiger partial charge in [-0.3, -0.25) is 4.79 Å². The van der Waals surface area contributed by atoms with Crippen LogP contribution in [-0.4, -0.2) is 43.8 Å². The lowest BCUT2D eigenvalue weighted by Crippen LogP contribution is -2.33. The Hall–Kier alpha value is -0.450. The zero-order valence-electron chi connectivity index (χ0n) is 17.1. The Bertz CT molecular complexity index is 334. The number of hydrogen-bond donors (Lipinski definition) is 0. The van der Waals surface area contributed by atoms with Crippen LogP contribution in [0.1, 0.15) is 73.1 Å². The standard InChI is InChI=1S/C20H41NO3/c1-16(2)12-18(5)14-20(13-17(3)4)24-15-19(22)10-8-9-11-21(6,7)23/h16-18,20H,8-15H2,1-7H3. The van der Waals surface area contributed by atoms with Gasteiger partial charge in [0.1, 0.15) is 6.61 Å². The molecule has 0 saturated carbocycles. The highest BCUT2D eigenvalue weighted by Crippen LogP contribution is 2.22. The summed E-state index contributed by atoms with van der Waals surface area (Å²) in [5.41, 5.74) is 0. The van der Waals surface area contributed by atoms with E-state index in [1.54, 1.807) is 14.1 Å². The van der Waals surface area contributed by atoms with Gasteiger partial charge in [-0.05, 0) is 49.9 Å². The van der Waals surface area contributed by atoms with Gasteiger partial charge in [-0.15, -0.1) is 0 Å². The Morgan fingerprint density at radius 1 is 0.958 bits per heavy atom. The van der Waals surface area contributed by atoms with E-state index in [1.807, 2.05) is 0 Å². The van der Waals surface area contributed by atoms with Gasteiger partial charge < -0.3 is 14.6 Å². The number of quaternary nitrogens is 1. The van der Waals surface area contributed by atoms with Crippen LogP contribution in [-0.2, 0) is 9.53 Å². The highest BCUT2D eigenvalue weighted by molar-refractivity contribution is 5.79. The Kier molecular flexibility index (Phi) is 11.8. The van der Waals surface area contributed by atoms with E-state index >= 15 is 0 Å². The molecule has 0 fully saturated rings. The number of carbonyl (C=O) groups is 1. The number of hydroxylamine groups is 3. The van der Waals surface area contributed by atoms with Crippen LogP contribution in [0.4, 0.5) is 0 Å². The second-order valence-corrected chi connectivity index (χ2v) is 8.83. The number of Topliss-reactive ketones (excluding diaryl/α,β-unsaturated/α-hetero) is 1. The topological polar surface area (TPSA) is 49.4 Å². The molecule has 2 unspecified atom stereocenters. The molecule has 0 aromatic heterocycles. The van der Waals surface area contributed by atoms with Crippen molar-refractivity contribution in [1.82, 2.24) is 0 Å². The number of ketones is 1. The molecular weight excluding hydrogens is 302 g/mol. The van der Waals surface area contributed by atoms with E-state index in [1.165, 1.54) is 6.42 Å². The molecule has 2 atom stereocenters. The number of ether oxygens (including phenoxy) is 1. The summed E-state index contributed by atoms with van der Waals surface area (Å²) in [6, 6.07) is 0. The molecule has 0 aliphatic rings. The highest BCUT2D eigenvalue weighted by atomic mass is 16.5. The molecule has 0 aromatic carbocycles. The lowest BCUT2D eigenvalue weighted by molar-refractivity contribution is -0.840. The van der Waals surface area contributed by atoms with E-state index in [4.69, 9.17) is 4.74 Å².